The van der Waals surface area contributed by atoms with Gasteiger partial charge in [0.05, 0.1) is 26.4 Å². The highest BCUT2D eigenvalue weighted by molar-refractivity contribution is 5.54. The van der Waals surface area contributed by atoms with Crippen LogP contribution in [0.3, 0.4) is 0 Å². The van der Waals surface area contributed by atoms with Crippen molar-refractivity contribution >= 4 is 0 Å². The minimum Gasteiger partial charge on any atom is -0.496 e. The highest BCUT2D eigenvalue weighted by atomic mass is 16.5. The predicted molar refractivity (Wildman–Crippen MR) is 114 cm³/mol. The van der Waals surface area contributed by atoms with E-state index in [1.165, 1.54) is 27.8 Å². The van der Waals surface area contributed by atoms with E-state index in [-0.39, 0.29) is 6.04 Å². The molecule has 4 nitrogen and oxygen atoms in total. The summed E-state index contributed by atoms with van der Waals surface area (Å²) in [6.45, 7) is 12.8. The zero-order valence-electron chi connectivity index (χ0n) is 18.0. The molecule has 1 unspecified atom stereocenters. The van der Waals surface area contributed by atoms with Crippen LogP contribution < -0.4 is 19.5 Å². The minimum atomic E-state index is 0.141. The van der Waals surface area contributed by atoms with Gasteiger partial charge in [0, 0.05) is 6.54 Å². The summed E-state index contributed by atoms with van der Waals surface area (Å²) in [5.41, 5.74) is 6.39. The number of fused-ring (bicyclic) bond motifs is 1. The second-order valence-corrected chi connectivity index (χ2v) is 7.61. The smallest absolute Gasteiger partial charge is 0.161 e. The Labute approximate surface area is 169 Å². The van der Waals surface area contributed by atoms with E-state index in [0.717, 1.165) is 30.2 Å². The lowest BCUT2D eigenvalue weighted by molar-refractivity contribution is 0.286. The van der Waals surface area contributed by atoms with E-state index in [0.29, 0.717) is 19.1 Å². The second-order valence-electron chi connectivity index (χ2n) is 7.61. The highest BCUT2D eigenvalue weighted by Gasteiger charge is 2.26. The highest BCUT2D eigenvalue weighted by Crippen LogP contribution is 2.40. The van der Waals surface area contributed by atoms with Crippen molar-refractivity contribution < 1.29 is 14.2 Å². The van der Waals surface area contributed by atoms with Gasteiger partial charge in [-0.2, -0.15) is 0 Å². The predicted octanol–water partition coefficient (Wildman–Crippen LogP) is 5.16. The molecule has 1 atom stereocenters. The Morgan fingerprint density at radius 3 is 2.25 bits per heavy atom. The third kappa shape index (κ3) is 3.97. The topological polar surface area (TPSA) is 39.7 Å². The number of methoxy groups -OCH3 is 1. The molecule has 0 saturated heterocycles. The number of hydrogen-bond acceptors (Lipinski definition) is 4. The largest absolute Gasteiger partial charge is 0.496 e. The number of aryl methyl sites for hydroxylation is 1. The monoisotopic (exact) mass is 383 g/mol. The molecular formula is C24H33NO3. The van der Waals surface area contributed by atoms with Crippen molar-refractivity contribution in [2.24, 2.45) is 0 Å². The lowest BCUT2D eigenvalue weighted by Crippen LogP contribution is -2.31. The molecule has 28 heavy (non-hydrogen) atoms. The van der Waals surface area contributed by atoms with Gasteiger partial charge in [-0.1, -0.05) is 13.8 Å². The summed E-state index contributed by atoms with van der Waals surface area (Å²) in [6, 6.07) is 8.95. The number of benzene rings is 2. The van der Waals surface area contributed by atoms with E-state index in [1.807, 2.05) is 13.8 Å². The Balaban J connectivity index is 2.11. The van der Waals surface area contributed by atoms with Crippen molar-refractivity contribution in [3.8, 4) is 17.2 Å². The SMILES string of the molecule is CCOc1cc2c(cc1OCC)C(c1cc(C(C)C)c(OC)cc1C)NCC2. The first kappa shape index (κ1) is 20.5. The van der Waals surface area contributed by atoms with Crippen molar-refractivity contribution in [3.63, 3.8) is 0 Å². The number of hydrogen-bond donors (Lipinski definition) is 1. The van der Waals surface area contributed by atoms with Crippen LogP contribution in [0, 0.1) is 6.92 Å². The lowest BCUT2D eigenvalue weighted by Gasteiger charge is -2.30. The average Bonchev–Trinajstić information content (AvgIpc) is 2.68. The van der Waals surface area contributed by atoms with Crippen LogP contribution in [0.15, 0.2) is 24.3 Å². The van der Waals surface area contributed by atoms with E-state index >= 15 is 0 Å². The van der Waals surface area contributed by atoms with Crippen LogP contribution in [0.25, 0.3) is 0 Å². The van der Waals surface area contributed by atoms with Crippen molar-refractivity contribution in [2.75, 3.05) is 26.9 Å². The normalized spacial score (nSPS) is 16.0. The van der Waals surface area contributed by atoms with Crippen LogP contribution in [0.4, 0.5) is 0 Å². The van der Waals surface area contributed by atoms with Crippen LogP contribution in [0.5, 0.6) is 17.2 Å². The molecule has 1 N–H and O–H groups in total. The maximum absolute atomic E-state index is 5.90. The summed E-state index contributed by atoms with van der Waals surface area (Å²) >= 11 is 0. The van der Waals surface area contributed by atoms with Gasteiger partial charge in [0.15, 0.2) is 11.5 Å². The molecule has 2 aromatic carbocycles. The molecule has 2 aromatic rings. The zero-order chi connectivity index (χ0) is 20.3. The fraction of sp³-hybridized carbons (Fsp3) is 0.500. The maximum atomic E-state index is 5.90. The van der Waals surface area contributed by atoms with Gasteiger partial charge >= 0.3 is 0 Å². The van der Waals surface area contributed by atoms with E-state index in [4.69, 9.17) is 14.2 Å². The van der Waals surface area contributed by atoms with Crippen molar-refractivity contribution in [3.05, 3.63) is 52.1 Å². The molecule has 0 fully saturated rings. The Hall–Kier alpha value is -2.20. The van der Waals surface area contributed by atoms with Crippen LogP contribution >= 0.6 is 0 Å². The molecular weight excluding hydrogens is 350 g/mol. The minimum absolute atomic E-state index is 0.141. The molecule has 1 heterocycles. The third-order valence-electron chi connectivity index (χ3n) is 5.41. The first-order valence-electron chi connectivity index (χ1n) is 10.3. The fourth-order valence-electron chi connectivity index (χ4n) is 4.03. The van der Waals surface area contributed by atoms with Crippen LogP contribution in [0.2, 0.25) is 0 Å². The molecule has 3 rings (SSSR count). The summed E-state index contributed by atoms with van der Waals surface area (Å²) < 4.78 is 17.4. The summed E-state index contributed by atoms with van der Waals surface area (Å²) in [5.74, 6) is 3.04. The van der Waals surface area contributed by atoms with E-state index in [1.54, 1.807) is 7.11 Å². The number of ether oxygens (including phenoxy) is 3. The molecule has 1 aliphatic heterocycles. The van der Waals surface area contributed by atoms with Crippen molar-refractivity contribution in [1.29, 1.82) is 0 Å². The van der Waals surface area contributed by atoms with Gasteiger partial charge in [-0.25, -0.2) is 0 Å². The standard InChI is InChI=1S/C24H33NO3/c1-7-27-22-12-17-9-10-25-24(20(17)14-23(22)28-8-2)19-13-18(15(3)4)21(26-6)11-16(19)5/h11-15,24-25H,7-10H2,1-6H3. The molecule has 0 aromatic heterocycles. The first-order valence-corrected chi connectivity index (χ1v) is 10.3. The summed E-state index contributed by atoms with van der Waals surface area (Å²) in [4.78, 5) is 0. The van der Waals surface area contributed by atoms with Gasteiger partial charge < -0.3 is 19.5 Å². The van der Waals surface area contributed by atoms with Gasteiger partial charge in [-0.15, -0.1) is 0 Å². The molecule has 0 bridgehead atoms. The van der Waals surface area contributed by atoms with E-state index in [2.05, 4.69) is 50.4 Å². The van der Waals surface area contributed by atoms with Crippen LogP contribution in [-0.2, 0) is 6.42 Å². The third-order valence-corrected chi connectivity index (χ3v) is 5.41. The summed E-state index contributed by atoms with van der Waals surface area (Å²) in [7, 11) is 1.75. The van der Waals surface area contributed by atoms with E-state index in [9.17, 15) is 0 Å². The van der Waals surface area contributed by atoms with Gasteiger partial charge in [-0.3, -0.25) is 0 Å². The molecule has 0 amide bonds. The molecule has 0 saturated carbocycles. The maximum Gasteiger partial charge on any atom is 0.161 e. The van der Waals surface area contributed by atoms with Crippen LogP contribution in [0.1, 0.15) is 67.5 Å². The van der Waals surface area contributed by atoms with Gasteiger partial charge in [0.25, 0.3) is 0 Å². The molecule has 4 heteroatoms. The lowest BCUT2D eigenvalue weighted by atomic mass is 9.85. The quantitative estimate of drug-likeness (QED) is 0.717. The van der Waals surface area contributed by atoms with Gasteiger partial charge in [-0.05, 0) is 85.2 Å². The Morgan fingerprint density at radius 1 is 0.964 bits per heavy atom. The first-order chi connectivity index (χ1) is 13.5. The molecule has 152 valence electrons. The van der Waals surface area contributed by atoms with Crippen LogP contribution in [-0.4, -0.2) is 26.9 Å². The average molecular weight is 384 g/mol. The molecule has 0 aliphatic carbocycles. The van der Waals surface area contributed by atoms with Crippen molar-refractivity contribution in [1.82, 2.24) is 5.32 Å². The summed E-state index contributed by atoms with van der Waals surface area (Å²) in [6.07, 6.45) is 0.991. The fourth-order valence-corrected chi connectivity index (χ4v) is 4.03. The number of nitrogens with one attached hydrogen (secondary N) is 1. The van der Waals surface area contributed by atoms with Crippen molar-refractivity contribution in [2.45, 2.75) is 53.0 Å². The Kier molecular flexibility index (Phi) is 6.50. The summed E-state index contributed by atoms with van der Waals surface area (Å²) in [5, 5.41) is 3.72. The second kappa shape index (κ2) is 8.87. The molecule has 0 radical (unpaired) electrons. The molecule has 0 spiro atoms. The van der Waals surface area contributed by atoms with E-state index < -0.39 is 0 Å². The molecule has 1 aliphatic rings. The Morgan fingerprint density at radius 2 is 1.64 bits per heavy atom. The zero-order valence-corrected chi connectivity index (χ0v) is 18.0. The van der Waals surface area contributed by atoms with Gasteiger partial charge in [0.1, 0.15) is 5.75 Å². The number of rotatable bonds is 7. The Bertz CT molecular complexity index is 829. The van der Waals surface area contributed by atoms with Gasteiger partial charge in [0.2, 0.25) is 0 Å².